The molecular weight excluding hydrogens is 206 g/mol. The van der Waals surface area contributed by atoms with Gasteiger partial charge in [-0.15, -0.1) is 0 Å². The summed E-state index contributed by atoms with van der Waals surface area (Å²) in [7, 11) is 0. The van der Waals surface area contributed by atoms with Gasteiger partial charge in [-0.3, -0.25) is 0 Å². The molecule has 2 N–H and O–H groups in total. The third-order valence-corrected chi connectivity index (χ3v) is 2.42. The van der Waals surface area contributed by atoms with Crippen molar-refractivity contribution in [3.8, 4) is 0 Å². The normalized spacial score (nSPS) is 11.3. The lowest BCUT2D eigenvalue weighted by molar-refractivity contribution is 1.64. The summed E-state index contributed by atoms with van der Waals surface area (Å²) in [6.07, 6.45) is 8.19. The Bertz CT molecular complexity index is 507. The maximum Gasteiger partial charge on any atom is 0.0314 e. The number of hydrogen-bond donors (Lipinski definition) is 1. The highest BCUT2D eigenvalue weighted by molar-refractivity contribution is 5.58. The Hall–Kier alpha value is -2.28. The molecule has 2 aromatic carbocycles. The number of nitrogen functional groups attached to an aromatic ring is 1. The average molecular weight is 221 g/mol. The van der Waals surface area contributed by atoms with E-state index in [9.17, 15) is 0 Å². The van der Waals surface area contributed by atoms with E-state index in [1.165, 1.54) is 5.56 Å². The van der Waals surface area contributed by atoms with E-state index >= 15 is 0 Å². The third-order valence-electron chi connectivity index (χ3n) is 2.42. The maximum absolute atomic E-state index is 5.62. The third kappa shape index (κ3) is 3.65. The lowest BCUT2D eigenvalue weighted by Gasteiger charge is -1.93. The Kier molecular flexibility index (Phi) is 3.77. The van der Waals surface area contributed by atoms with Crippen LogP contribution in [0.4, 0.5) is 5.69 Å². The predicted molar refractivity (Wildman–Crippen MR) is 75.4 cm³/mol. The van der Waals surface area contributed by atoms with Crippen LogP contribution in [0.3, 0.4) is 0 Å². The van der Waals surface area contributed by atoms with Gasteiger partial charge in [-0.05, 0) is 23.3 Å². The van der Waals surface area contributed by atoms with Crippen LogP contribution in [0.2, 0.25) is 0 Å². The van der Waals surface area contributed by atoms with Crippen molar-refractivity contribution in [2.45, 2.75) is 0 Å². The summed E-state index contributed by atoms with van der Waals surface area (Å²) in [6, 6.07) is 18.0. The summed E-state index contributed by atoms with van der Waals surface area (Å²) < 4.78 is 0. The lowest BCUT2D eigenvalue weighted by Crippen LogP contribution is -1.82. The summed E-state index contributed by atoms with van der Waals surface area (Å²) in [5, 5.41) is 0. The Morgan fingerprint density at radius 1 is 0.647 bits per heavy atom. The number of hydrogen-bond acceptors (Lipinski definition) is 1. The van der Waals surface area contributed by atoms with E-state index < -0.39 is 0 Å². The van der Waals surface area contributed by atoms with Crippen molar-refractivity contribution in [2.75, 3.05) is 5.73 Å². The highest BCUT2D eigenvalue weighted by Crippen LogP contribution is 2.07. The molecule has 0 bridgehead atoms. The zero-order chi connectivity index (χ0) is 11.9. The molecule has 2 rings (SSSR count). The van der Waals surface area contributed by atoms with E-state index in [4.69, 9.17) is 5.73 Å². The number of anilines is 1. The molecule has 0 unspecified atom stereocenters. The fraction of sp³-hybridized carbons (Fsp3) is 0. The van der Waals surface area contributed by atoms with Gasteiger partial charge in [0.2, 0.25) is 0 Å². The molecule has 0 radical (unpaired) electrons. The molecule has 0 spiro atoms. The first kappa shape index (κ1) is 11.2. The van der Waals surface area contributed by atoms with Crippen molar-refractivity contribution in [1.29, 1.82) is 0 Å². The van der Waals surface area contributed by atoms with Gasteiger partial charge in [-0.2, -0.15) is 0 Å². The van der Waals surface area contributed by atoms with Crippen molar-refractivity contribution in [3.05, 3.63) is 77.9 Å². The molecule has 0 amide bonds. The zero-order valence-corrected chi connectivity index (χ0v) is 9.58. The van der Waals surface area contributed by atoms with Gasteiger partial charge < -0.3 is 5.73 Å². The van der Waals surface area contributed by atoms with Gasteiger partial charge in [-0.25, -0.2) is 0 Å². The highest BCUT2D eigenvalue weighted by atomic mass is 14.5. The first-order valence-corrected chi connectivity index (χ1v) is 5.60. The van der Waals surface area contributed by atoms with Gasteiger partial charge in [0.05, 0.1) is 0 Å². The average Bonchev–Trinajstić information content (AvgIpc) is 2.38. The largest absolute Gasteiger partial charge is 0.399 e. The van der Waals surface area contributed by atoms with E-state index in [0.717, 1.165) is 11.3 Å². The van der Waals surface area contributed by atoms with E-state index in [1.54, 1.807) is 0 Å². The van der Waals surface area contributed by atoms with Crippen LogP contribution in [-0.4, -0.2) is 0 Å². The molecule has 17 heavy (non-hydrogen) atoms. The fourth-order valence-electron chi connectivity index (χ4n) is 1.50. The second-order valence-corrected chi connectivity index (χ2v) is 3.80. The quantitative estimate of drug-likeness (QED) is 0.615. The molecule has 0 aliphatic carbocycles. The van der Waals surface area contributed by atoms with Gasteiger partial charge in [-0.1, -0.05) is 66.8 Å². The molecule has 2 aromatic rings. The molecule has 0 saturated heterocycles. The summed E-state index contributed by atoms with van der Waals surface area (Å²) >= 11 is 0. The lowest BCUT2D eigenvalue weighted by atomic mass is 10.2. The Labute approximate surface area is 102 Å². The van der Waals surface area contributed by atoms with Gasteiger partial charge in [0.25, 0.3) is 0 Å². The van der Waals surface area contributed by atoms with Gasteiger partial charge >= 0.3 is 0 Å². The summed E-state index contributed by atoms with van der Waals surface area (Å²) in [4.78, 5) is 0. The van der Waals surface area contributed by atoms with Crippen LogP contribution in [0.15, 0.2) is 66.7 Å². The first-order valence-electron chi connectivity index (χ1n) is 5.60. The van der Waals surface area contributed by atoms with Gasteiger partial charge in [0.1, 0.15) is 0 Å². The SMILES string of the molecule is Nc1ccc(/C=C/C=C/c2ccccc2)cc1. The summed E-state index contributed by atoms with van der Waals surface area (Å²) in [5.41, 5.74) is 8.77. The molecule has 0 aliphatic heterocycles. The van der Waals surface area contributed by atoms with Gasteiger partial charge in [0.15, 0.2) is 0 Å². The van der Waals surface area contributed by atoms with Crippen LogP contribution < -0.4 is 5.73 Å². The standard InChI is InChI=1S/C16H15N/c17-16-12-10-15(11-13-16)9-5-4-8-14-6-2-1-3-7-14/h1-13H,17H2/b8-4+,9-5+. The van der Waals surface area contributed by atoms with Crippen LogP contribution >= 0.6 is 0 Å². The Balaban J connectivity index is 1.98. The van der Waals surface area contributed by atoms with Crippen molar-refractivity contribution in [3.63, 3.8) is 0 Å². The topological polar surface area (TPSA) is 26.0 Å². The predicted octanol–water partition coefficient (Wildman–Crippen LogP) is 4.00. The fourth-order valence-corrected chi connectivity index (χ4v) is 1.50. The molecule has 84 valence electrons. The molecule has 0 aliphatic rings. The van der Waals surface area contributed by atoms with Crippen LogP contribution in [0, 0.1) is 0 Å². The van der Waals surface area contributed by atoms with Crippen LogP contribution in [-0.2, 0) is 0 Å². The molecule has 0 aromatic heterocycles. The second-order valence-electron chi connectivity index (χ2n) is 3.80. The second kappa shape index (κ2) is 5.71. The first-order chi connectivity index (χ1) is 8.34. The van der Waals surface area contributed by atoms with Crippen molar-refractivity contribution >= 4 is 17.8 Å². The zero-order valence-electron chi connectivity index (χ0n) is 9.58. The van der Waals surface area contributed by atoms with Gasteiger partial charge in [0, 0.05) is 5.69 Å². The number of rotatable bonds is 3. The summed E-state index contributed by atoms with van der Waals surface area (Å²) in [6.45, 7) is 0. The Morgan fingerprint density at radius 3 is 1.76 bits per heavy atom. The molecule has 0 fully saturated rings. The minimum Gasteiger partial charge on any atom is -0.399 e. The number of nitrogens with two attached hydrogens (primary N) is 1. The van der Waals surface area contributed by atoms with E-state index in [-0.39, 0.29) is 0 Å². The van der Waals surface area contributed by atoms with Crippen LogP contribution in [0.25, 0.3) is 12.2 Å². The molecule has 0 heterocycles. The van der Waals surface area contributed by atoms with E-state index in [2.05, 4.69) is 24.3 Å². The van der Waals surface area contributed by atoms with Crippen molar-refractivity contribution in [1.82, 2.24) is 0 Å². The highest BCUT2D eigenvalue weighted by Gasteiger charge is 1.85. The minimum absolute atomic E-state index is 0.793. The molecule has 1 heteroatoms. The van der Waals surface area contributed by atoms with Crippen molar-refractivity contribution < 1.29 is 0 Å². The smallest absolute Gasteiger partial charge is 0.0314 e. The molecule has 0 saturated carbocycles. The molecular formula is C16H15N. The number of allylic oxidation sites excluding steroid dienone is 2. The monoisotopic (exact) mass is 221 g/mol. The summed E-state index contributed by atoms with van der Waals surface area (Å²) in [5.74, 6) is 0. The van der Waals surface area contributed by atoms with E-state index in [0.29, 0.717) is 0 Å². The molecule has 1 nitrogen and oxygen atoms in total. The van der Waals surface area contributed by atoms with Crippen LogP contribution in [0.5, 0.6) is 0 Å². The van der Waals surface area contributed by atoms with E-state index in [1.807, 2.05) is 54.6 Å². The Morgan fingerprint density at radius 2 is 1.18 bits per heavy atom. The minimum atomic E-state index is 0.793. The van der Waals surface area contributed by atoms with Crippen LogP contribution in [0.1, 0.15) is 11.1 Å². The number of benzene rings is 2. The van der Waals surface area contributed by atoms with Crippen molar-refractivity contribution in [2.24, 2.45) is 0 Å². The molecule has 0 atom stereocenters. The maximum atomic E-state index is 5.62.